The number of hydrogen-bond donors (Lipinski definition) is 3. The van der Waals surface area contributed by atoms with Gasteiger partial charge in [0.2, 0.25) is 0 Å². The molecule has 0 saturated heterocycles. The lowest BCUT2D eigenvalue weighted by Crippen LogP contribution is -2.47. The predicted octanol–water partition coefficient (Wildman–Crippen LogP) is 3.08. The van der Waals surface area contributed by atoms with E-state index in [4.69, 9.17) is 9.47 Å². The van der Waals surface area contributed by atoms with Crippen molar-refractivity contribution in [1.82, 2.24) is 5.32 Å². The lowest BCUT2D eigenvalue weighted by molar-refractivity contribution is -0.140. The zero-order valence-corrected chi connectivity index (χ0v) is 20.2. The predicted molar refractivity (Wildman–Crippen MR) is 132 cm³/mol. The number of allylic oxidation sites excluding steroid dienone is 2. The van der Waals surface area contributed by atoms with Gasteiger partial charge in [0.1, 0.15) is 45.7 Å². The topological polar surface area (TPSA) is 139 Å². The third-order valence-electron chi connectivity index (χ3n) is 6.97. The Morgan fingerprint density at radius 3 is 2.57 bits per heavy atom. The molecule has 3 aromatic rings. The summed E-state index contributed by atoms with van der Waals surface area (Å²) in [4.78, 5) is 51.4. The van der Waals surface area contributed by atoms with Crippen LogP contribution < -0.4 is 14.8 Å². The zero-order chi connectivity index (χ0) is 26.6. The number of benzene rings is 3. The van der Waals surface area contributed by atoms with Gasteiger partial charge in [-0.05, 0) is 42.3 Å². The van der Waals surface area contributed by atoms with Crippen molar-refractivity contribution in [3.05, 3.63) is 71.0 Å². The van der Waals surface area contributed by atoms with Gasteiger partial charge < -0.3 is 25.0 Å². The van der Waals surface area contributed by atoms with Crippen LogP contribution in [-0.4, -0.2) is 40.6 Å². The number of ketones is 3. The molecule has 1 aliphatic heterocycles. The van der Waals surface area contributed by atoms with E-state index < -0.39 is 34.6 Å². The lowest BCUT2D eigenvalue weighted by atomic mass is 9.67. The first kappa shape index (κ1) is 24.1. The van der Waals surface area contributed by atoms with Crippen molar-refractivity contribution in [3.63, 3.8) is 0 Å². The van der Waals surface area contributed by atoms with Gasteiger partial charge >= 0.3 is 0 Å². The van der Waals surface area contributed by atoms with Crippen LogP contribution >= 0.6 is 0 Å². The standard InChI is InChI=1S/C28H23NO8/c1-13(30)22-18(32)11-21-28(2,26(22)34)24-19(33)10-20(36-3)23(25(24)37-21)27(35)29-12-15-9-16(31)8-14-6-4-5-7-17(14)15/h4-11,22,31,33H,12H2,1-3H3,(H,29,35)/t22?,28-/m1/s1. The number of amides is 1. The molecular formula is C28H23NO8. The molecule has 9 nitrogen and oxygen atoms in total. The molecule has 1 heterocycles. The van der Waals surface area contributed by atoms with Crippen molar-refractivity contribution < 1.29 is 38.9 Å². The van der Waals surface area contributed by atoms with Crippen LogP contribution in [0.1, 0.15) is 35.3 Å². The number of ether oxygens (including phenoxy) is 2. The molecule has 0 bridgehead atoms. The Labute approximate surface area is 211 Å². The van der Waals surface area contributed by atoms with Crippen LogP contribution in [0.5, 0.6) is 23.0 Å². The second-order valence-corrected chi connectivity index (χ2v) is 9.23. The van der Waals surface area contributed by atoms with E-state index in [9.17, 15) is 29.4 Å². The van der Waals surface area contributed by atoms with E-state index in [-0.39, 0.29) is 46.4 Å². The molecular weight excluding hydrogens is 478 g/mol. The maximum Gasteiger partial charge on any atom is 0.259 e. The fourth-order valence-corrected chi connectivity index (χ4v) is 5.13. The number of Topliss-reactive ketones (excluding diaryl/α,β-unsaturated/α-hetero) is 2. The summed E-state index contributed by atoms with van der Waals surface area (Å²) in [5, 5.41) is 25.4. The number of nitrogens with one attached hydrogen (secondary N) is 1. The Kier molecular flexibility index (Phi) is 5.51. The lowest BCUT2D eigenvalue weighted by Gasteiger charge is -2.30. The molecule has 5 rings (SSSR count). The molecule has 37 heavy (non-hydrogen) atoms. The largest absolute Gasteiger partial charge is 0.508 e. The van der Waals surface area contributed by atoms with Gasteiger partial charge in [0, 0.05) is 18.7 Å². The zero-order valence-electron chi connectivity index (χ0n) is 20.2. The number of methoxy groups -OCH3 is 1. The summed E-state index contributed by atoms with van der Waals surface area (Å²) in [6.45, 7) is 2.63. The maximum absolute atomic E-state index is 13.5. The molecule has 188 valence electrons. The molecule has 1 amide bonds. The molecule has 9 heteroatoms. The van der Waals surface area contributed by atoms with Crippen molar-refractivity contribution >= 4 is 34.0 Å². The van der Waals surface area contributed by atoms with Gasteiger partial charge in [0.25, 0.3) is 5.91 Å². The van der Waals surface area contributed by atoms with Crippen molar-refractivity contribution in [2.24, 2.45) is 5.92 Å². The quantitative estimate of drug-likeness (QED) is 0.454. The second kappa shape index (κ2) is 8.48. The molecule has 3 N–H and O–H groups in total. The summed E-state index contributed by atoms with van der Waals surface area (Å²) in [5.41, 5.74) is -1.09. The highest BCUT2D eigenvalue weighted by Crippen LogP contribution is 2.56. The summed E-state index contributed by atoms with van der Waals surface area (Å²) in [7, 11) is 1.31. The first-order valence-electron chi connectivity index (χ1n) is 11.5. The number of carbonyl (C=O) groups excluding carboxylic acids is 4. The monoisotopic (exact) mass is 501 g/mol. The van der Waals surface area contributed by atoms with E-state index in [2.05, 4.69) is 5.32 Å². The number of carbonyl (C=O) groups is 4. The van der Waals surface area contributed by atoms with E-state index >= 15 is 0 Å². The summed E-state index contributed by atoms with van der Waals surface area (Å²) < 4.78 is 11.2. The molecule has 2 aliphatic rings. The molecule has 0 saturated carbocycles. The van der Waals surface area contributed by atoms with Crippen molar-refractivity contribution in [1.29, 1.82) is 0 Å². The number of hydrogen-bond acceptors (Lipinski definition) is 8. The summed E-state index contributed by atoms with van der Waals surface area (Å²) in [6.07, 6.45) is 1.07. The van der Waals surface area contributed by atoms with E-state index in [0.717, 1.165) is 23.8 Å². The number of fused-ring (bicyclic) bond motifs is 4. The fraction of sp³-hybridized carbons (Fsp3) is 0.214. The van der Waals surface area contributed by atoms with Gasteiger partial charge in [-0.2, -0.15) is 0 Å². The average Bonchev–Trinajstić information content (AvgIpc) is 3.15. The van der Waals surface area contributed by atoms with Gasteiger partial charge in [0.05, 0.1) is 12.7 Å². The van der Waals surface area contributed by atoms with E-state index in [1.54, 1.807) is 12.1 Å². The van der Waals surface area contributed by atoms with Crippen LogP contribution in [0, 0.1) is 5.92 Å². The minimum absolute atomic E-state index is 0.0146. The first-order valence-corrected chi connectivity index (χ1v) is 11.5. The Morgan fingerprint density at radius 1 is 1.14 bits per heavy atom. The summed E-state index contributed by atoms with van der Waals surface area (Å²) in [6, 6.07) is 11.7. The molecule has 1 unspecified atom stereocenters. The normalized spacial score (nSPS) is 20.1. The third kappa shape index (κ3) is 3.54. The number of phenolic OH excluding ortho intramolecular Hbond substituents is 2. The Morgan fingerprint density at radius 2 is 1.86 bits per heavy atom. The highest BCUT2D eigenvalue weighted by Gasteiger charge is 2.58. The highest BCUT2D eigenvalue weighted by atomic mass is 16.5. The molecule has 0 radical (unpaired) electrons. The number of aromatic hydroxyl groups is 2. The first-order chi connectivity index (χ1) is 17.6. The van der Waals surface area contributed by atoms with Crippen molar-refractivity contribution in [3.8, 4) is 23.0 Å². The SMILES string of the molecule is COc1cc(O)c2c(c1C(=O)NCc1cc(O)cc3ccccc13)OC1=CC(=O)C(C(C)=O)C(=O)[C@]12C. The van der Waals surface area contributed by atoms with Crippen LogP contribution in [0.15, 0.2) is 54.3 Å². The van der Waals surface area contributed by atoms with Crippen LogP contribution in [0.25, 0.3) is 10.8 Å². The molecule has 0 fully saturated rings. The third-order valence-corrected chi connectivity index (χ3v) is 6.97. The van der Waals surface area contributed by atoms with Crippen molar-refractivity contribution in [2.45, 2.75) is 25.8 Å². The van der Waals surface area contributed by atoms with Crippen molar-refractivity contribution in [2.75, 3.05) is 7.11 Å². The van der Waals surface area contributed by atoms with Crippen LogP contribution in [0.2, 0.25) is 0 Å². The fourth-order valence-electron chi connectivity index (χ4n) is 5.13. The molecule has 3 aromatic carbocycles. The molecule has 2 atom stereocenters. The molecule has 1 aliphatic carbocycles. The smallest absolute Gasteiger partial charge is 0.259 e. The summed E-state index contributed by atoms with van der Waals surface area (Å²) >= 11 is 0. The maximum atomic E-state index is 13.5. The van der Waals surface area contributed by atoms with E-state index in [0.29, 0.717) is 5.56 Å². The Bertz CT molecular complexity index is 1570. The van der Waals surface area contributed by atoms with E-state index in [1.165, 1.54) is 20.1 Å². The summed E-state index contributed by atoms with van der Waals surface area (Å²) in [5.74, 6) is -4.79. The Balaban J connectivity index is 1.58. The molecule has 0 aromatic heterocycles. The minimum atomic E-state index is -1.65. The highest BCUT2D eigenvalue weighted by molar-refractivity contribution is 6.27. The van der Waals surface area contributed by atoms with Gasteiger partial charge in [0.15, 0.2) is 17.3 Å². The van der Waals surface area contributed by atoms with Gasteiger partial charge in [-0.25, -0.2) is 0 Å². The molecule has 0 spiro atoms. The van der Waals surface area contributed by atoms with Crippen LogP contribution in [-0.2, 0) is 26.3 Å². The second-order valence-electron chi connectivity index (χ2n) is 9.23. The van der Waals surface area contributed by atoms with Crippen LogP contribution in [0.4, 0.5) is 0 Å². The minimum Gasteiger partial charge on any atom is -0.508 e. The van der Waals surface area contributed by atoms with Gasteiger partial charge in [-0.3, -0.25) is 19.2 Å². The average molecular weight is 501 g/mol. The van der Waals surface area contributed by atoms with E-state index in [1.807, 2.05) is 24.3 Å². The van der Waals surface area contributed by atoms with Gasteiger partial charge in [-0.15, -0.1) is 0 Å². The number of phenols is 2. The van der Waals surface area contributed by atoms with Crippen LogP contribution in [0.3, 0.4) is 0 Å². The van der Waals surface area contributed by atoms with Gasteiger partial charge in [-0.1, -0.05) is 24.3 Å². The number of rotatable bonds is 5. The Hall–Kier alpha value is -4.66.